The van der Waals surface area contributed by atoms with Gasteiger partial charge in [0.25, 0.3) is 0 Å². The van der Waals surface area contributed by atoms with Crippen molar-refractivity contribution in [3.63, 3.8) is 0 Å². The van der Waals surface area contributed by atoms with Crippen LogP contribution in [0.2, 0.25) is 0 Å². The second kappa shape index (κ2) is 5.12. The molecule has 0 aliphatic heterocycles. The Bertz CT molecular complexity index is 507. The van der Waals surface area contributed by atoms with Gasteiger partial charge in [-0.2, -0.15) is 0 Å². The monoisotopic (exact) mass is 247 g/mol. The maximum Gasteiger partial charge on any atom is 0.328 e. The molecule has 88 valence electrons. The van der Waals surface area contributed by atoms with Crippen molar-refractivity contribution in [1.82, 2.24) is 0 Å². The molecule has 0 saturated carbocycles. The number of carbonyl (C=O) groups is 1. The predicted molar refractivity (Wildman–Crippen MR) is 68.7 cm³/mol. The van der Waals surface area contributed by atoms with Gasteiger partial charge in [-0.15, -0.1) is 11.3 Å². The Balaban J connectivity index is 2.25. The van der Waals surface area contributed by atoms with Crippen LogP contribution in [-0.4, -0.2) is 13.1 Å². The lowest BCUT2D eigenvalue weighted by Gasteiger charge is -2.05. The fourth-order valence-electron chi connectivity index (χ4n) is 1.52. The Hall–Kier alpha value is -1.65. The first-order valence-electron chi connectivity index (χ1n) is 5.21. The highest BCUT2D eigenvalue weighted by Crippen LogP contribution is 2.30. The van der Waals surface area contributed by atoms with Crippen LogP contribution in [0.1, 0.15) is 10.9 Å². The molecule has 3 nitrogen and oxygen atoms in total. The van der Waals surface area contributed by atoms with E-state index < -0.39 is 12.0 Å². The van der Waals surface area contributed by atoms with Crippen LogP contribution < -0.4 is 5.73 Å². The quantitative estimate of drug-likeness (QED) is 0.848. The summed E-state index contributed by atoms with van der Waals surface area (Å²) in [7, 11) is 1.34. The highest BCUT2D eigenvalue weighted by molar-refractivity contribution is 7.15. The van der Waals surface area contributed by atoms with Crippen LogP contribution in [0.3, 0.4) is 0 Å². The molecule has 0 saturated heterocycles. The van der Waals surface area contributed by atoms with E-state index in [1.165, 1.54) is 18.4 Å². The second-order valence-electron chi connectivity index (χ2n) is 3.57. The third-order valence-electron chi connectivity index (χ3n) is 2.45. The molecule has 1 aromatic carbocycles. The molecule has 0 spiro atoms. The van der Waals surface area contributed by atoms with Gasteiger partial charge in [-0.1, -0.05) is 30.3 Å². The Morgan fingerprint density at radius 1 is 1.24 bits per heavy atom. The van der Waals surface area contributed by atoms with Gasteiger partial charge in [0, 0.05) is 9.75 Å². The van der Waals surface area contributed by atoms with Gasteiger partial charge in [-0.25, -0.2) is 4.79 Å². The summed E-state index contributed by atoms with van der Waals surface area (Å²) in [6, 6.07) is 13.1. The van der Waals surface area contributed by atoms with E-state index >= 15 is 0 Å². The first-order valence-corrected chi connectivity index (χ1v) is 6.02. The number of benzene rings is 1. The van der Waals surface area contributed by atoms with E-state index in [1.807, 2.05) is 42.5 Å². The SMILES string of the molecule is COC(=O)C(N)c1ccc(-c2ccccc2)s1. The minimum atomic E-state index is -0.692. The van der Waals surface area contributed by atoms with Gasteiger partial charge in [-0.3, -0.25) is 0 Å². The highest BCUT2D eigenvalue weighted by Gasteiger charge is 2.18. The van der Waals surface area contributed by atoms with Gasteiger partial charge in [0.2, 0.25) is 0 Å². The molecule has 0 bridgehead atoms. The average molecular weight is 247 g/mol. The van der Waals surface area contributed by atoms with Gasteiger partial charge in [-0.05, 0) is 17.7 Å². The molecule has 2 aromatic rings. The van der Waals surface area contributed by atoms with Crippen molar-refractivity contribution >= 4 is 17.3 Å². The van der Waals surface area contributed by atoms with E-state index in [2.05, 4.69) is 4.74 Å². The first-order chi connectivity index (χ1) is 8.22. The molecule has 0 aliphatic carbocycles. The largest absolute Gasteiger partial charge is 0.468 e. The second-order valence-corrected chi connectivity index (χ2v) is 4.68. The van der Waals surface area contributed by atoms with Crippen LogP contribution in [0.4, 0.5) is 0 Å². The number of carbonyl (C=O) groups excluding carboxylic acids is 1. The summed E-state index contributed by atoms with van der Waals surface area (Å²) in [5.41, 5.74) is 6.90. The van der Waals surface area contributed by atoms with E-state index in [0.717, 1.165) is 15.3 Å². The molecule has 1 unspecified atom stereocenters. The molecule has 2 N–H and O–H groups in total. The van der Waals surface area contributed by atoms with Crippen molar-refractivity contribution in [2.45, 2.75) is 6.04 Å². The normalized spacial score (nSPS) is 12.1. The number of rotatable bonds is 3. The molecule has 1 atom stereocenters. The number of hydrogen-bond acceptors (Lipinski definition) is 4. The van der Waals surface area contributed by atoms with Gasteiger partial charge in [0.15, 0.2) is 0 Å². The molecule has 0 amide bonds. The van der Waals surface area contributed by atoms with E-state index in [9.17, 15) is 4.79 Å². The Labute approximate surface area is 104 Å². The molecular weight excluding hydrogens is 234 g/mol. The Kier molecular flexibility index (Phi) is 3.56. The fourth-order valence-corrected chi connectivity index (χ4v) is 2.52. The number of hydrogen-bond donors (Lipinski definition) is 1. The van der Waals surface area contributed by atoms with Crippen LogP contribution in [0, 0.1) is 0 Å². The van der Waals surface area contributed by atoms with Crippen LogP contribution >= 0.6 is 11.3 Å². The van der Waals surface area contributed by atoms with Crippen LogP contribution in [-0.2, 0) is 9.53 Å². The Morgan fingerprint density at radius 2 is 1.94 bits per heavy atom. The molecule has 2 rings (SSSR count). The lowest BCUT2D eigenvalue weighted by atomic mass is 10.2. The van der Waals surface area contributed by atoms with Crippen molar-refractivity contribution < 1.29 is 9.53 Å². The van der Waals surface area contributed by atoms with Gasteiger partial charge in [0.05, 0.1) is 7.11 Å². The van der Waals surface area contributed by atoms with Crippen LogP contribution in [0.15, 0.2) is 42.5 Å². The topological polar surface area (TPSA) is 52.3 Å². The summed E-state index contributed by atoms with van der Waals surface area (Å²) in [5, 5.41) is 0. The molecule has 17 heavy (non-hydrogen) atoms. The van der Waals surface area contributed by atoms with Gasteiger partial charge < -0.3 is 10.5 Å². The molecule has 4 heteroatoms. The van der Waals surface area contributed by atoms with E-state index in [0.29, 0.717) is 0 Å². The lowest BCUT2D eigenvalue weighted by molar-refractivity contribution is -0.142. The van der Waals surface area contributed by atoms with Crippen molar-refractivity contribution in [3.8, 4) is 10.4 Å². The minimum absolute atomic E-state index is 0.411. The number of ether oxygens (including phenoxy) is 1. The summed E-state index contributed by atoms with van der Waals surface area (Å²) in [5.74, 6) is -0.411. The first kappa shape index (κ1) is 11.8. The highest BCUT2D eigenvalue weighted by atomic mass is 32.1. The zero-order chi connectivity index (χ0) is 12.3. The third-order valence-corrected chi connectivity index (χ3v) is 3.66. The molecular formula is C13H13NO2S. The van der Waals surface area contributed by atoms with E-state index in [-0.39, 0.29) is 0 Å². The summed E-state index contributed by atoms with van der Waals surface area (Å²) in [4.78, 5) is 13.2. The zero-order valence-electron chi connectivity index (χ0n) is 9.42. The predicted octanol–water partition coefficient (Wildman–Crippen LogP) is 2.59. The number of nitrogens with two attached hydrogens (primary N) is 1. The standard InChI is InChI=1S/C13H13NO2S/c1-16-13(15)12(14)11-8-7-10(17-11)9-5-3-2-4-6-9/h2-8,12H,14H2,1H3. The number of thiophene rings is 1. The molecule has 0 radical (unpaired) electrons. The third kappa shape index (κ3) is 2.54. The Morgan fingerprint density at radius 3 is 2.59 bits per heavy atom. The molecule has 1 heterocycles. The molecule has 0 aliphatic rings. The van der Waals surface area contributed by atoms with Crippen LogP contribution in [0.25, 0.3) is 10.4 Å². The summed E-state index contributed by atoms with van der Waals surface area (Å²) in [6.07, 6.45) is 0. The van der Waals surface area contributed by atoms with Crippen molar-refractivity contribution in [3.05, 3.63) is 47.3 Å². The number of methoxy groups -OCH3 is 1. The lowest BCUT2D eigenvalue weighted by Crippen LogP contribution is -2.21. The average Bonchev–Trinajstić information content (AvgIpc) is 2.87. The number of esters is 1. The molecule has 0 fully saturated rings. The summed E-state index contributed by atoms with van der Waals surface area (Å²) >= 11 is 1.51. The van der Waals surface area contributed by atoms with E-state index in [1.54, 1.807) is 0 Å². The summed E-state index contributed by atoms with van der Waals surface area (Å²) < 4.78 is 4.62. The van der Waals surface area contributed by atoms with Gasteiger partial charge in [0.1, 0.15) is 6.04 Å². The van der Waals surface area contributed by atoms with Crippen molar-refractivity contribution in [1.29, 1.82) is 0 Å². The van der Waals surface area contributed by atoms with Crippen molar-refractivity contribution in [2.24, 2.45) is 5.73 Å². The zero-order valence-corrected chi connectivity index (χ0v) is 10.2. The maximum absolute atomic E-state index is 11.3. The molecule has 1 aromatic heterocycles. The summed E-state index contributed by atoms with van der Waals surface area (Å²) in [6.45, 7) is 0. The van der Waals surface area contributed by atoms with Gasteiger partial charge >= 0.3 is 5.97 Å². The maximum atomic E-state index is 11.3. The van der Waals surface area contributed by atoms with Crippen LogP contribution in [0.5, 0.6) is 0 Å². The fraction of sp³-hybridized carbons (Fsp3) is 0.154. The van der Waals surface area contributed by atoms with E-state index in [4.69, 9.17) is 5.73 Å². The smallest absolute Gasteiger partial charge is 0.328 e. The minimum Gasteiger partial charge on any atom is -0.468 e. The van der Waals surface area contributed by atoms with Crippen molar-refractivity contribution in [2.75, 3.05) is 7.11 Å².